The third-order valence-corrected chi connectivity index (χ3v) is 4.26. The van der Waals surface area contributed by atoms with E-state index in [0.29, 0.717) is 11.4 Å². The molecule has 3 aromatic carbocycles. The van der Waals surface area contributed by atoms with Crippen LogP contribution < -0.4 is 15.4 Å². The summed E-state index contributed by atoms with van der Waals surface area (Å²) in [5, 5.41) is 17.6. The van der Waals surface area contributed by atoms with Crippen LogP contribution in [0.15, 0.2) is 54.6 Å². The van der Waals surface area contributed by atoms with Crippen molar-refractivity contribution in [3.8, 4) is 11.5 Å². The average molecular weight is 380 g/mol. The van der Waals surface area contributed by atoms with Crippen LogP contribution >= 0.6 is 12.2 Å². The molecule has 0 radical (unpaired) electrons. The number of anilines is 1. The fourth-order valence-electron chi connectivity index (χ4n) is 2.84. The molecule has 0 atom stereocenters. The van der Waals surface area contributed by atoms with Gasteiger partial charge in [0.2, 0.25) is 0 Å². The molecular weight excluding hydrogens is 360 g/mol. The smallest absolute Gasteiger partial charge is 0.264 e. The molecule has 0 saturated carbocycles. The van der Waals surface area contributed by atoms with Crippen LogP contribution in [0.4, 0.5) is 5.69 Å². The standard InChI is InChI=1S/C21H20N2O3S/c1-13-10-14(2)20(25)17(11-13)22-21(27)23-19(24)12-26-18-9-5-7-15-6-3-4-8-16(15)18/h3-11,25H,12H2,1-2H3,(H2,22,23,24,27). The lowest BCUT2D eigenvalue weighted by atomic mass is 10.1. The number of benzene rings is 3. The number of hydrogen-bond acceptors (Lipinski definition) is 4. The Kier molecular flexibility index (Phi) is 5.57. The third-order valence-electron chi connectivity index (χ3n) is 4.05. The van der Waals surface area contributed by atoms with Gasteiger partial charge < -0.3 is 15.2 Å². The first kappa shape index (κ1) is 18.7. The van der Waals surface area contributed by atoms with E-state index in [1.165, 1.54) is 0 Å². The second-order valence-electron chi connectivity index (χ2n) is 6.25. The summed E-state index contributed by atoms with van der Waals surface area (Å²) >= 11 is 5.16. The van der Waals surface area contributed by atoms with E-state index in [1.807, 2.05) is 55.5 Å². The highest BCUT2D eigenvalue weighted by molar-refractivity contribution is 7.80. The Labute approximate surface area is 163 Å². The monoisotopic (exact) mass is 380 g/mol. The van der Waals surface area contributed by atoms with Gasteiger partial charge >= 0.3 is 0 Å². The first-order valence-corrected chi connectivity index (χ1v) is 8.86. The minimum Gasteiger partial charge on any atom is -0.505 e. The molecule has 0 unspecified atom stereocenters. The topological polar surface area (TPSA) is 70.6 Å². The SMILES string of the molecule is Cc1cc(C)c(O)c(NC(=S)NC(=O)COc2cccc3ccccc23)c1. The average Bonchev–Trinajstić information content (AvgIpc) is 2.64. The highest BCUT2D eigenvalue weighted by Gasteiger charge is 2.11. The predicted octanol–water partition coefficient (Wildman–Crippen LogP) is 4.05. The number of aromatic hydroxyl groups is 1. The van der Waals surface area contributed by atoms with Crippen LogP contribution in [0.25, 0.3) is 10.8 Å². The number of phenols is 1. The van der Waals surface area contributed by atoms with Gasteiger partial charge in [-0.2, -0.15) is 0 Å². The fraction of sp³-hybridized carbons (Fsp3) is 0.143. The van der Waals surface area contributed by atoms with E-state index < -0.39 is 0 Å². The summed E-state index contributed by atoms with van der Waals surface area (Å²) in [6, 6.07) is 17.1. The zero-order chi connectivity index (χ0) is 19.4. The number of hydrogen-bond donors (Lipinski definition) is 3. The summed E-state index contributed by atoms with van der Waals surface area (Å²) in [5.74, 6) is 0.350. The van der Waals surface area contributed by atoms with E-state index in [0.717, 1.165) is 21.9 Å². The van der Waals surface area contributed by atoms with E-state index in [9.17, 15) is 9.90 Å². The van der Waals surface area contributed by atoms with Crippen molar-refractivity contribution in [2.24, 2.45) is 0 Å². The maximum absolute atomic E-state index is 12.1. The van der Waals surface area contributed by atoms with Crippen molar-refractivity contribution in [3.63, 3.8) is 0 Å². The predicted molar refractivity (Wildman–Crippen MR) is 111 cm³/mol. The number of ether oxygens (including phenoxy) is 1. The van der Waals surface area contributed by atoms with Crippen LogP contribution in [-0.2, 0) is 4.79 Å². The Morgan fingerprint density at radius 3 is 2.67 bits per heavy atom. The van der Waals surface area contributed by atoms with Gasteiger partial charge in [0.1, 0.15) is 11.5 Å². The number of thiocarbonyl (C=S) groups is 1. The Balaban J connectivity index is 1.60. The molecule has 0 aromatic heterocycles. The highest BCUT2D eigenvalue weighted by atomic mass is 32.1. The molecule has 0 spiro atoms. The van der Waals surface area contributed by atoms with Gasteiger partial charge in [0.15, 0.2) is 11.7 Å². The van der Waals surface area contributed by atoms with Gasteiger partial charge in [0.05, 0.1) is 5.69 Å². The maximum atomic E-state index is 12.1. The van der Waals surface area contributed by atoms with Gasteiger partial charge in [0.25, 0.3) is 5.91 Å². The van der Waals surface area contributed by atoms with Gasteiger partial charge in [-0.1, -0.05) is 42.5 Å². The summed E-state index contributed by atoms with van der Waals surface area (Å²) in [6.45, 7) is 3.54. The quantitative estimate of drug-likeness (QED) is 0.470. The van der Waals surface area contributed by atoms with Crippen LogP contribution in [0.3, 0.4) is 0 Å². The lowest BCUT2D eigenvalue weighted by Gasteiger charge is -2.14. The third kappa shape index (κ3) is 4.54. The van der Waals surface area contributed by atoms with E-state index >= 15 is 0 Å². The molecule has 0 aliphatic rings. The van der Waals surface area contributed by atoms with Crippen molar-refractivity contribution < 1.29 is 14.6 Å². The Bertz CT molecular complexity index is 1010. The first-order valence-electron chi connectivity index (χ1n) is 8.45. The molecule has 0 aliphatic heterocycles. The molecular formula is C21H20N2O3S. The van der Waals surface area contributed by atoms with Gasteiger partial charge in [-0.3, -0.25) is 10.1 Å². The van der Waals surface area contributed by atoms with Crippen molar-refractivity contribution in [2.45, 2.75) is 13.8 Å². The lowest BCUT2D eigenvalue weighted by molar-refractivity contribution is -0.121. The molecule has 27 heavy (non-hydrogen) atoms. The van der Waals surface area contributed by atoms with E-state index in [1.54, 1.807) is 13.0 Å². The van der Waals surface area contributed by atoms with Crippen LogP contribution in [-0.4, -0.2) is 22.7 Å². The molecule has 3 aromatic rings. The highest BCUT2D eigenvalue weighted by Crippen LogP contribution is 2.28. The number of phenolic OH excluding ortho intramolecular Hbond substituents is 1. The number of aryl methyl sites for hydroxylation is 2. The van der Waals surface area contributed by atoms with Crippen LogP contribution in [0, 0.1) is 13.8 Å². The number of rotatable bonds is 4. The Morgan fingerprint density at radius 1 is 1.11 bits per heavy atom. The number of nitrogens with one attached hydrogen (secondary N) is 2. The summed E-state index contributed by atoms with van der Waals surface area (Å²) < 4.78 is 5.65. The summed E-state index contributed by atoms with van der Waals surface area (Å²) in [5.41, 5.74) is 2.15. The molecule has 0 saturated heterocycles. The largest absolute Gasteiger partial charge is 0.505 e. The molecule has 3 rings (SSSR count). The number of fused-ring (bicyclic) bond motifs is 1. The van der Waals surface area contributed by atoms with Crippen LogP contribution in [0.5, 0.6) is 11.5 Å². The molecule has 5 nitrogen and oxygen atoms in total. The lowest BCUT2D eigenvalue weighted by Crippen LogP contribution is -2.37. The van der Waals surface area contributed by atoms with Gasteiger partial charge in [0, 0.05) is 5.39 Å². The second kappa shape index (κ2) is 8.05. The van der Waals surface area contributed by atoms with Crippen molar-refractivity contribution in [1.82, 2.24) is 5.32 Å². The van der Waals surface area contributed by atoms with Crippen molar-refractivity contribution >= 4 is 39.7 Å². The van der Waals surface area contributed by atoms with Gasteiger partial charge in [-0.15, -0.1) is 0 Å². The molecule has 0 aliphatic carbocycles. The molecule has 3 N–H and O–H groups in total. The van der Waals surface area contributed by atoms with E-state index in [4.69, 9.17) is 17.0 Å². The van der Waals surface area contributed by atoms with Gasteiger partial charge in [-0.05, 0) is 54.7 Å². The summed E-state index contributed by atoms with van der Waals surface area (Å²) in [6.07, 6.45) is 0. The van der Waals surface area contributed by atoms with Crippen LogP contribution in [0.2, 0.25) is 0 Å². The summed E-state index contributed by atoms with van der Waals surface area (Å²) in [7, 11) is 0. The van der Waals surface area contributed by atoms with E-state index in [-0.39, 0.29) is 23.4 Å². The zero-order valence-electron chi connectivity index (χ0n) is 15.1. The van der Waals surface area contributed by atoms with E-state index in [2.05, 4.69) is 10.6 Å². The van der Waals surface area contributed by atoms with Crippen molar-refractivity contribution in [2.75, 3.05) is 11.9 Å². The van der Waals surface area contributed by atoms with Crippen molar-refractivity contribution in [1.29, 1.82) is 0 Å². The molecule has 0 bridgehead atoms. The molecule has 138 valence electrons. The number of carbonyl (C=O) groups is 1. The van der Waals surface area contributed by atoms with Gasteiger partial charge in [-0.25, -0.2) is 0 Å². The van der Waals surface area contributed by atoms with Crippen molar-refractivity contribution in [3.05, 3.63) is 65.7 Å². The Morgan fingerprint density at radius 2 is 1.85 bits per heavy atom. The maximum Gasteiger partial charge on any atom is 0.264 e. The number of carbonyl (C=O) groups excluding carboxylic acids is 1. The Hall–Kier alpha value is -3.12. The summed E-state index contributed by atoms with van der Waals surface area (Å²) in [4.78, 5) is 12.1. The minimum atomic E-state index is -0.385. The first-order chi connectivity index (χ1) is 12.9. The molecule has 6 heteroatoms. The number of amides is 1. The normalized spacial score (nSPS) is 10.4. The second-order valence-corrected chi connectivity index (χ2v) is 6.65. The van der Waals surface area contributed by atoms with Crippen LogP contribution in [0.1, 0.15) is 11.1 Å². The fourth-order valence-corrected chi connectivity index (χ4v) is 3.06. The molecule has 0 fully saturated rings. The minimum absolute atomic E-state index is 0.0989. The molecule has 0 heterocycles. The zero-order valence-corrected chi connectivity index (χ0v) is 15.9. The molecule has 1 amide bonds.